The van der Waals surface area contributed by atoms with Crippen molar-refractivity contribution < 1.29 is 0 Å². The molecule has 536 valence electrons. The average molecular weight is 1430 g/mol. The third kappa shape index (κ3) is 11.8. The molecule has 4 aliphatic heterocycles. The summed E-state index contributed by atoms with van der Waals surface area (Å²) in [6.45, 7) is 27.3. The van der Waals surface area contributed by atoms with Gasteiger partial charge in [-0.15, -0.1) is 0 Å². The second-order valence-electron chi connectivity index (χ2n) is 35.2. The van der Waals surface area contributed by atoms with Crippen LogP contribution < -0.4 is 47.5 Å². The van der Waals surface area contributed by atoms with Crippen LogP contribution in [0.2, 0.25) is 0 Å². The first-order chi connectivity index (χ1) is 53.6. The molecule has 0 saturated carbocycles. The van der Waals surface area contributed by atoms with Crippen LogP contribution in [0.5, 0.6) is 0 Å². The van der Waals surface area contributed by atoms with Crippen LogP contribution in [0, 0.1) is 0 Å². The van der Waals surface area contributed by atoms with Crippen LogP contribution in [0.15, 0.2) is 334 Å². The lowest BCUT2D eigenvalue weighted by Gasteiger charge is -2.51. The van der Waals surface area contributed by atoms with Crippen LogP contribution in [0.25, 0.3) is 89.0 Å². The molecule has 0 unspecified atom stereocenters. The van der Waals surface area contributed by atoms with E-state index in [1.165, 1.54) is 117 Å². The number of nitrogens with zero attached hydrogens (tertiary/aromatic N) is 3. The summed E-state index contributed by atoms with van der Waals surface area (Å²) < 4.78 is 0. The summed E-state index contributed by atoms with van der Waals surface area (Å²) in [5.74, 6) is 0. The Labute approximate surface area is 657 Å². The Morgan fingerprint density at radius 1 is 0.180 bits per heavy atom. The van der Waals surface area contributed by atoms with Crippen molar-refractivity contribution in [2.45, 2.75) is 105 Å². The van der Waals surface area contributed by atoms with E-state index in [2.05, 4.69) is 431 Å². The van der Waals surface area contributed by atoms with Crippen molar-refractivity contribution >= 4 is 97.4 Å². The summed E-state index contributed by atoms with van der Waals surface area (Å²) in [4.78, 5) is 8.23. The van der Waals surface area contributed by atoms with Crippen molar-refractivity contribution in [2.75, 3.05) is 14.7 Å². The molecule has 4 aliphatic rings. The summed E-state index contributed by atoms with van der Waals surface area (Å²) in [5.41, 5.74) is 41.7. The summed E-state index contributed by atoms with van der Waals surface area (Å²) in [6.07, 6.45) is 0. The molecule has 4 heterocycles. The van der Waals surface area contributed by atoms with Crippen LogP contribution in [0.1, 0.15) is 105 Å². The highest BCUT2D eigenvalue weighted by Gasteiger charge is 2.53. The number of anilines is 9. The first-order valence-corrected chi connectivity index (χ1v) is 39.7. The van der Waals surface area contributed by atoms with E-state index in [4.69, 9.17) is 0 Å². The van der Waals surface area contributed by atoms with Crippen molar-refractivity contribution in [3.05, 3.63) is 356 Å². The molecule has 0 aromatic heterocycles. The second kappa shape index (κ2) is 26.3. The number of hydrogen-bond donors (Lipinski definition) is 0. The summed E-state index contributed by atoms with van der Waals surface area (Å²) in [6, 6.07) is 129. The fraction of sp³-hybridized carbons (Fsp3) is 0.151. The van der Waals surface area contributed by atoms with Gasteiger partial charge in [-0.2, -0.15) is 0 Å². The Hall–Kier alpha value is -12.2. The van der Waals surface area contributed by atoms with Gasteiger partial charge in [0.05, 0.1) is 11.4 Å². The number of benzene rings is 15. The van der Waals surface area contributed by atoms with Gasteiger partial charge < -0.3 is 14.7 Å². The predicted molar refractivity (Wildman–Crippen MR) is 478 cm³/mol. The Balaban J connectivity index is 1.01. The van der Waals surface area contributed by atoms with Crippen LogP contribution in [0.4, 0.5) is 51.2 Å². The molecule has 0 atom stereocenters. The molecule has 15 aromatic carbocycles. The zero-order valence-corrected chi connectivity index (χ0v) is 65.8. The molecule has 0 aliphatic carbocycles. The standard InChI is InChI=1S/C106H91B2N3/c1-103(2,3)80-51-39-72(40-52-80)84-35-25-36-85(73-41-53-81(54-42-73)104(4,5)6)100(84)110-94-61-49-78(70-31-21-15-22-32-70)65-90(94)107-88-63-76(68-27-17-13-18-28-68)47-59-92(88)109-93-60-48-77(69-29-19-14-20-30-69)64-89(93)108-91-66-79(71-33-23-16-24-34-71)50-62-95(91)111(97-67-96(110)98(107)102(109)99(97)108)101-86(74-43-55-82(56-44-74)105(7,8)9)37-26-38-87(101)75-45-57-83(58-46-75)106(10,11)12/h13-67H,1-12H3. The molecule has 0 radical (unpaired) electrons. The minimum Gasteiger partial charge on any atom is -0.312 e. The maximum atomic E-state index is 2.75. The highest BCUT2D eigenvalue weighted by atomic mass is 15.2. The van der Waals surface area contributed by atoms with Gasteiger partial charge in [-0.05, 0) is 174 Å². The first kappa shape index (κ1) is 69.3. The third-order valence-electron chi connectivity index (χ3n) is 24.1. The lowest BCUT2D eigenvalue weighted by atomic mass is 9.28. The van der Waals surface area contributed by atoms with Crippen LogP contribution in [-0.4, -0.2) is 13.4 Å². The highest BCUT2D eigenvalue weighted by molar-refractivity contribution is 7.05. The van der Waals surface area contributed by atoms with E-state index in [0.29, 0.717) is 0 Å². The highest BCUT2D eigenvalue weighted by Crippen LogP contribution is 2.56. The topological polar surface area (TPSA) is 9.72 Å². The van der Waals surface area contributed by atoms with Crippen molar-refractivity contribution in [3.8, 4) is 89.0 Å². The van der Waals surface area contributed by atoms with E-state index in [-0.39, 0.29) is 35.1 Å². The van der Waals surface area contributed by atoms with E-state index in [1.54, 1.807) is 0 Å². The molecular formula is C106H91B2N3. The lowest BCUT2D eigenvalue weighted by molar-refractivity contribution is 0.590. The van der Waals surface area contributed by atoms with Crippen molar-refractivity contribution in [3.63, 3.8) is 0 Å². The minimum absolute atomic E-state index is 0.0531. The second-order valence-corrected chi connectivity index (χ2v) is 35.2. The Kier molecular flexibility index (Phi) is 16.4. The SMILES string of the molecule is CC(C)(C)c1ccc(-c2cccc(-c3ccc(C(C)(C)C)cc3)c2N2c3ccc(-c4ccccc4)cc3B3c4cc(-c5ccccc5)ccc4N4c5ccc(-c6ccccc6)cc5B5c6cc(-c7ccccc7)ccc6N(c6c(-c7ccc(C(C)(C)C)cc7)cccc6-c6ccc(C(C)(C)C)cc6)c6cc2c3c4c65)cc1. The zero-order chi connectivity index (χ0) is 76.0. The average Bonchev–Trinajstić information content (AvgIpc) is 0.663. The molecule has 19 rings (SSSR count). The summed E-state index contributed by atoms with van der Waals surface area (Å²) >= 11 is 0. The Morgan fingerprint density at radius 3 is 0.622 bits per heavy atom. The molecule has 0 fully saturated rings. The van der Waals surface area contributed by atoms with Gasteiger partial charge in [-0.3, -0.25) is 0 Å². The monoisotopic (exact) mass is 1430 g/mol. The van der Waals surface area contributed by atoms with Gasteiger partial charge in [0.15, 0.2) is 0 Å². The van der Waals surface area contributed by atoms with E-state index >= 15 is 0 Å². The molecule has 0 spiro atoms. The van der Waals surface area contributed by atoms with Gasteiger partial charge in [0, 0.05) is 62.1 Å². The molecular weight excluding hydrogens is 1340 g/mol. The van der Waals surface area contributed by atoms with Gasteiger partial charge in [0.1, 0.15) is 0 Å². The van der Waals surface area contributed by atoms with E-state index in [9.17, 15) is 0 Å². The smallest absolute Gasteiger partial charge is 0.252 e. The predicted octanol–water partition coefficient (Wildman–Crippen LogP) is 24.9. The Bertz CT molecular complexity index is 5610. The summed E-state index contributed by atoms with van der Waals surface area (Å²) in [7, 11) is 0. The van der Waals surface area contributed by atoms with E-state index < -0.39 is 0 Å². The molecule has 111 heavy (non-hydrogen) atoms. The van der Waals surface area contributed by atoms with Gasteiger partial charge in [-0.1, -0.05) is 386 Å². The lowest BCUT2D eigenvalue weighted by Crippen LogP contribution is -2.68. The fourth-order valence-corrected chi connectivity index (χ4v) is 18.2. The third-order valence-corrected chi connectivity index (χ3v) is 24.1. The number of para-hydroxylation sites is 2. The molecule has 3 nitrogen and oxygen atoms in total. The molecule has 0 bridgehead atoms. The largest absolute Gasteiger partial charge is 0.312 e. The minimum atomic E-state index is -0.250. The van der Waals surface area contributed by atoms with Gasteiger partial charge in [0.25, 0.3) is 13.4 Å². The number of fused-ring (bicyclic) bond motifs is 10. The maximum Gasteiger partial charge on any atom is 0.252 e. The quantitative estimate of drug-likeness (QED) is 0.126. The molecule has 0 N–H and O–H groups in total. The first-order valence-electron chi connectivity index (χ1n) is 39.7. The molecule has 0 saturated heterocycles. The van der Waals surface area contributed by atoms with Crippen molar-refractivity contribution in [1.29, 1.82) is 0 Å². The normalized spacial score (nSPS) is 13.3. The molecule has 0 amide bonds. The van der Waals surface area contributed by atoms with Gasteiger partial charge in [0.2, 0.25) is 0 Å². The van der Waals surface area contributed by atoms with Crippen LogP contribution in [-0.2, 0) is 21.7 Å². The van der Waals surface area contributed by atoms with Gasteiger partial charge in [-0.25, -0.2) is 0 Å². The van der Waals surface area contributed by atoms with E-state index in [1.807, 2.05) is 0 Å². The van der Waals surface area contributed by atoms with E-state index in [0.717, 1.165) is 78.6 Å². The fourth-order valence-electron chi connectivity index (χ4n) is 18.2. The molecule has 15 aromatic rings. The van der Waals surface area contributed by atoms with Crippen molar-refractivity contribution in [2.24, 2.45) is 0 Å². The number of rotatable bonds is 10. The van der Waals surface area contributed by atoms with Crippen molar-refractivity contribution in [1.82, 2.24) is 0 Å². The van der Waals surface area contributed by atoms with Crippen LogP contribution >= 0.6 is 0 Å². The maximum absolute atomic E-state index is 2.75. The molecule has 5 heteroatoms. The van der Waals surface area contributed by atoms with Gasteiger partial charge >= 0.3 is 0 Å². The zero-order valence-electron chi connectivity index (χ0n) is 65.8. The number of hydrogen-bond acceptors (Lipinski definition) is 3. The Morgan fingerprint density at radius 2 is 0.396 bits per heavy atom. The van der Waals surface area contributed by atoms with Crippen LogP contribution in [0.3, 0.4) is 0 Å². The summed E-state index contributed by atoms with van der Waals surface area (Å²) in [5, 5.41) is 0.